The van der Waals surface area contributed by atoms with E-state index in [1.165, 1.54) is 7.11 Å². The number of rotatable bonds is 8. The highest BCUT2D eigenvalue weighted by molar-refractivity contribution is 8.18. The number of halogens is 2. The molecule has 0 aromatic heterocycles. The van der Waals surface area contributed by atoms with E-state index in [2.05, 4.69) is 5.32 Å². The Balaban J connectivity index is 1.44. The van der Waals surface area contributed by atoms with Crippen LogP contribution < -0.4 is 14.8 Å². The minimum absolute atomic E-state index is 0.198. The average molecular weight is 557 g/mol. The highest BCUT2D eigenvalue weighted by Crippen LogP contribution is 2.35. The zero-order valence-electron chi connectivity index (χ0n) is 19.9. The van der Waals surface area contributed by atoms with Gasteiger partial charge in [0.1, 0.15) is 13.2 Å². The molecule has 1 heterocycles. The van der Waals surface area contributed by atoms with E-state index in [1.54, 1.807) is 48.5 Å². The maximum atomic E-state index is 12.9. The quantitative estimate of drug-likeness (QED) is 0.316. The van der Waals surface area contributed by atoms with Gasteiger partial charge in [-0.05, 0) is 66.2 Å². The number of imide groups is 1. The van der Waals surface area contributed by atoms with E-state index in [0.717, 1.165) is 27.8 Å². The monoisotopic (exact) mass is 556 g/mol. The Kier molecular flexibility index (Phi) is 8.43. The molecule has 0 spiro atoms. The number of carbonyl (C=O) groups excluding carboxylic acids is 3. The Morgan fingerprint density at radius 1 is 1.05 bits per heavy atom. The molecule has 0 atom stereocenters. The molecule has 1 saturated heterocycles. The molecule has 4 rings (SSSR count). The van der Waals surface area contributed by atoms with Gasteiger partial charge in [-0.3, -0.25) is 19.3 Å². The minimum atomic E-state index is -0.550. The van der Waals surface area contributed by atoms with Gasteiger partial charge in [0, 0.05) is 21.3 Å². The van der Waals surface area contributed by atoms with E-state index >= 15 is 0 Å². The molecule has 1 aliphatic rings. The summed E-state index contributed by atoms with van der Waals surface area (Å²) in [5.74, 6) is -0.0986. The van der Waals surface area contributed by atoms with Crippen molar-refractivity contribution in [3.05, 3.63) is 92.3 Å². The molecule has 190 valence electrons. The summed E-state index contributed by atoms with van der Waals surface area (Å²) < 4.78 is 11.3. The second-order valence-electron chi connectivity index (χ2n) is 8.07. The second-order valence-corrected chi connectivity index (χ2v) is 9.90. The summed E-state index contributed by atoms with van der Waals surface area (Å²) in [7, 11) is 1.51. The van der Waals surface area contributed by atoms with Crippen molar-refractivity contribution in [2.75, 3.05) is 19.0 Å². The molecule has 3 aromatic carbocycles. The van der Waals surface area contributed by atoms with Gasteiger partial charge in [0.15, 0.2) is 11.5 Å². The van der Waals surface area contributed by atoms with Crippen molar-refractivity contribution in [1.29, 1.82) is 0 Å². The molecule has 3 aromatic rings. The van der Waals surface area contributed by atoms with Gasteiger partial charge in [-0.1, -0.05) is 53.5 Å². The normalized spacial score (nSPS) is 14.3. The molecule has 0 saturated carbocycles. The number of hydrogen-bond acceptors (Lipinski definition) is 6. The molecule has 0 radical (unpaired) electrons. The Bertz CT molecular complexity index is 1410. The number of methoxy groups -OCH3 is 1. The van der Waals surface area contributed by atoms with Crippen LogP contribution in [0.2, 0.25) is 10.0 Å². The van der Waals surface area contributed by atoms with Gasteiger partial charge in [-0.25, -0.2) is 0 Å². The maximum Gasteiger partial charge on any atom is 0.294 e. The van der Waals surface area contributed by atoms with Crippen molar-refractivity contribution in [3.63, 3.8) is 0 Å². The predicted molar refractivity (Wildman–Crippen MR) is 146 cm³/mol. The lowest BCUT2D eigenvalue weighted by Gasteiger charge is -2.14. The first-order valence-corrected chi connectivity index (χ1v) is 12.7. The molecule has 37 heavy (non-hydrogen) atoms. The number of hydrogen-bond donors (Lipinski definition) is 1. The van der Waals surface area contributed by atoms with Gasteiger partial charge in [0.05, 0.1) is 12.0 Å². The molecule has 1 fully saturated rings. The summed E-state index contributed by atoms with van der Waals surface area (Å²) in [6.07, 6.45) is 1.57. The second kappa shape index (κ2) is 11.7. The number of thioether (sulfide) groups is 1. The van der Waals surface area contributed by atoms with E-state index in [1.807, 2.05) is 25.1 Å². The van der Waals surface area contributed by atoms with Crippen LogP contribution >= 0.6 is 35.0 Å². The molecule has 3 amide bonds. The van der Waals surface area contributed by atoms with Crippen LogP contribution in [0.25, 0.3) is 6.08 Å². The van der Waals surface area contributed by atoms with Crippen molar-refractivity contribution in [3.8, 4) is 11.5 Å². The minimum Gasteiger partial charge on any atom is -0.493 e. The fourth-order valence-electron chi connectivity index (χ4n) is 3.51. The smallest absolute Gasteiger partial charge is 0.294 e. The average Bonchev–Trinajstić information content (AvgIpc) is 3.13. The summed E-state index contributed by atoms with van der Waals surface area (Å²) >= 11 is 13.0. The molecule has 1 aliphatic heterocycles. The summed E-state index contributed by atoms with van der Waals surface area (Å²) in [6, 6.07) is 17.6. The van der Waals surface area contributed by atoms with E-state index in [0.29, 0.717) is 32.8 Å². The highest BCUT2D eigenvalue weighted by Gasteiger charge is 2.36. The van der Waals surface area contributed by atoms with E-state index in [-0.39, 0.29) is 11.5 Å². The number of anilines is 1. The summed E-state index contributed by atoms with van der Waals surface area (Å²) in [6.45, 7) is 1.66. The number of ether oxygens (including phenoxy) is 2. The molecule has 1 N–H and O–H groups in total. The van der Waals surface area contributed by atoms with Gasteiger partial charge < -0.3 is 14.8 Å². The van der Waals surface area contributed by atoms with Gasteiger partial charge in [-0.2, -0.15) is 0 Å². The summed E-state index contributed by atoms with van der Waals surface area (Å²) in [4.78, 5) is 39.0. The fourth-order valence-corrected chi connectivity index (χ4v) is 4.71. The van der Waals surface area contributed by atoms with Gasteiger partial charge >= 0.3 is 0 Å². The summed E-state index contributed by atoms with van der Waals surface area (Å²) in [5, 5.41) is 3.23. The molecule has 10 heteroatoms. The van der Waals surface area contributed by atoms with Crippen LogP contribution in [0.3, 0.4) is 0 Å². The first-order valence-electron chi connectivity index (χ1n) is 11.1. The first kappa shape index (κ1) is 26.6. The predicted octanol–water partition coefficient (Wildman–Crippen LogP) is 6.56. The first-order chi connectivity index (χ1) is 17.7. The van der Waals surface area contributed by atoms with Crippen LogP contribution in [0.5, 0.6) is 11.5 Å². The number of nitrogens with zero attached hydrogens (tertiary/aromatic N) is 1. The van der Waals surface area contributed by atoms with Crippen molar-refractivity contribution in [2.45, 2.75) is 13.5 Å². The van der Waals surface area contributed by atoms with Crippen molar-refractivity contribution in [2.24, 2.45) is 0 Å². The van der Waals surface area contributed by atoms with Crippen molar-refractivity contribution < 1.29 is 23.9 Å². The number of benzene rings is 3. The number of nitrogens with one attached hydrogen (secondary N) is 1. The molecule has 7 nitrogen and oxygen atoms in total. The van der Waals surface area contributed by atoms with Gasteiger partial charge in [0.2, 0.25) is 5.91 Å². The van der Waals surface area contributed by atoms with E-state index < -0.39 is 23.6 Å². The van der Waals surface area contributed by atoms with Crippen LogP contribution in [-0.2, 0) is 16.2 Å². The number of carbonyl (C=O) groups is 3. The van der Waals surface area contributed by atoms with Crippen LogP contribution in [0.15, 0.2) is 65.6 Å². The Morgan fingerprint density at radius 2 is 1.84 bits per heavy atom. The molecular formula is C27H22Cl2N2O5S. The van der Waals surface area contributed by atoms with Crippen LogP contribution in [0.4, 0.5) is 10.5 Å². The van der Waals surface area contributed by atoms with E-state index in [4.69, 9.17) is 32.7 Å². The Labute approximate surface area is 228 Å². The highest BCUT2D eigenvalue weighted by atomic mass is 35.5. The third kappa shape index (κ3) is 6.46. The van der Waals surface area contributed by atoms with Crippen molar-refractivity contribution in [1.82, 2.24) is 4.90 Å². The van der Waals surface area contributed by atoms with Crippen molar-refractivity contribution >= 4 is 63.8 Å². The standard InChI is InChI=1S/C27H22Cl2N2O5S/c1-16-7-9-19(28)13-21(16)30-25(32)14-31-26(33)24(37-27(31)34)12-17-8-10-22(23(11-17)35-2)36-15-18-5-3-4-6-20(18)29/h3-13H,14-15H2,1-2H3,(H,30,32)/b24-12+. The maximum absolute atomic E-state index is 12.9. The molecule has 0 unspecified atom stereocenters. The third-order valence-corrected chi connectivity index (χ3v) is 6.99. The number of amides is 3. The lowest BCUT2D eigenvalue weighted by molar-refractivity contribution is -0.127. The van der Waals surface area contributed by atoms with Gasteiger partial charge in [-0.15, -0.1) is 0 Å². The largest absolute Gasteiger partial charge is 0.493 e. The summed E-state index contributed by atoms with van der Waals surface area (Å²) in [5.41, 5.74) is 2.79. The zero-order valence-corrected chi connectivity index (χ0v) is 22.2. The molecule has 0 bridgehead atoms. The zero-order chi connectivity index (χ0) is 26.5. The lowest BCUT2D eigenvalue weighted by Crippen LogP contribution is -2.36. The van der Waals surface area contributed by atoms with E-state index in [9.17, 15) is 14.4 Å². The Hall–Kier alpha value is -3.46. The lowest BCUT2D eigenvalue weighted by atomic mass is 10.1. The SMILES string of the molecule is COc1cc(/C=C2/SC(=O)N(CC(=O)Nc3cc(Cl)ccc3C)C2=O)ccc1OCc1ccccc1Cl. The Morgan fingerprint density at radius 3 is 2.59 bits per heavy atom. The van der Waals surface area contributed by atoms with Crippen LogP contribution in [0.1, 0.15) is 16.7 Å². The fraction of sp³-hybridized carbons (Fsp3) is 0.148. The third-order valence-electron chi connectivity index (χ3n) is 5.48. The van der Waals surface area contributed by atoms with Crippen LogP contribution in [0, 0.1) is 6.92 Å². The molecular weight excluding hydrogens is 535 g/mol. The number of aryl methyl sites for hydroxylation is 1. The molecule has 0 aliphatic carbocycles. The van der Waals surface area contributed by atoms with Crippen LogP contribution in [-0.4, -0.2) is 35.6 Å². The topological polar surface area (TPSA) is 84.9 Å². The van der Waals surface area contributed by atoms with Gasteiger partial charge in [0.25, 0.3) is 11.1 Å².